The van der Waals surface area contributed by atoms with Gasteiger partial charge in [0, 0.05) is 31.0 Å². The zero-order valence-electron chi connectivity index (χ0n) is 16.7. The number of hydrogen-bond donors (Lipinski definition) is 2. The number of guanidine groups is 1. The minimum atomic E-state index is 0. The predicted molar refractivity (Wildman–Crippen MR) is 127 cm³/mol. The van der Waals surface area contributed by atoms with Crippen LogP contribution in [0.2, 0.25) is 0 Å². The molecule has 1 aromatic carbocycles. The van der Waals surface area contributed by atoms with Crippen LogP contribution < -0.4 is 15.4 Å². The summed E-state index contributed by atoms with van der Waals surface area (Å²) in [4.78, 5) is 4.69. The number of rotatable bonds is 10. The van der Waals surface area contributed by atoms with Gasteiger partial charge in [0.15, 0.2) is 5.96 Å². The zero-order valence-corrected chi connectivity index (χ0v) is 19.8. The second kappa shape index (κ2) is 14.3. The molecule has 1 aliphatic rings. The highest BCUT2D eigenvalue weighted by Gasteiger charge is 2.24. The van der Waals surface area contributed by atoms with Crippen molar-refractivity contribution in [3.63, 3.8) is 0 Å². The van der Waals surface area contributed by atoms with Crippen LogP contribution >= 0.6 is 35.7 Å². The van der Waals surface area contributed by atoms with Gasteiger partial charge in [-0.25, -0.2) is 0 Å². The van der Waals surface area contributed by atoms with E-state index in [0.29, 0.717) is 19.3 Å². The number of nitrogens with zero attached hydrogens (tertiary/aromatic N) is 1. The third-order valence-corrected chi connectivity index (χ3v) is 5.64. The summed E-state index contributed by atoms with van der Waals surface area (Å²) in [6.07, 6.45) is 6.90. The molecule has 0 aliphatic heterocycles. The first kappa shape index (κ1) is 24.4. The van der Waals surface area contributed by atoms with Gasteiger partial charge in [0.05, 0.1) is 13.7 Å². The Morgan fingerprint density at radius 1 is 1.26 bits per heavy atom. The molecule has 2 atom stereocenters. The van der Waals surface area contributed by atoms with Crippen molar-refractivity contribution < 1.29 is 9.47 Å². The van der Waals surface area contributed by atoms with E-state index in [2.05, 4.69) is 28.8 Å². The smallest absolute Gasteiger partial charge is 0.191 e. The van der Waals surface area contributed by atoms with Gasteiger partial charge in [0.1, 0.15) is 5.75 Å². The molecule has 1 aromatic rings. The quantitative estimate of drug-likeness (QED) is 0.217. The average Bonchev–Trinajstić information content (AvgIpc) is 3.12. The number of aliphatic imine (C=N–C) groups is 1. The molecule has 1 saturated carbocycles. The molecule has 1 fully saturated rings. The number of hydrogen-bond acceptors (Lipinski definition) is 4. The van der Waals surface area contributed by atoms with Crippen LogP contribution in [-0.2, 0) is 11.3 Å². The summed E-state index contributed by atoms with van der Waals surface area (Å²) in [5.41, 5.74) is 1.16. The van der Waals surface area contributed by atoms with Crippen LogP contribution in [-0.4, -0.2) is 50.3 Å². The molecular formula is C20H34IN3O2S. The van der Waals surface area contributed by atoms with E-state index in [4.69, 9.17) is 9.47 Å². The SMILES string of the molecule is CCNC(=NCCCOCc1ccc(OC)cc1)NC1CCC(SC)C1.I. The molecule has 154 valence electrons. The first-order valence-electron chi connectivity index (χ1n) is 9.53. The molecule has 1 aliphatic carbocycles. The fourth-order valence-electron chi connectivity index (χ4n) is 3.07. The Labute approximate surface area is 185 Å². The lowest BCUT2D eigenvalue weighted by atomic mass is 10.2. The number of benzene rings is 1. The molecule has 2 N–H and O–H groups in total. The highest BCUT2D eigenvalue weighted by molar-refractivity contribution is 14.0. The third-order valence-electron chi connectivity index (χ3n) is 4.55. The van der Waals surface area contributed by atoms with E-state index in [1.165, 1.54) is 19.3 Å². The molecule has 0 saturated heterocycles. The van der Waals surface area contributed by atoms with E-state index in [1.54, 1.807) is 7.11 Å². The highest BCUT2D eigenvalue weighted by atomic mass is 127. The molecule has 5 nitrogen and oxygen atoms in total. The van der Waals surface area contributed by atoms with E-state index in [-0.39, 0.29) is 24.0 Å². The maximum Gasteiger partial charge on any atom is 0.191 e. The second-order valence-electron chi connectivity index (χ2n) is 6.53. The van der Waals surface area contributed by atoms with Crippen LogP contribution in [0.1, 0.15) is 38.2 Å². The van der Waals surface area contributed by atoms with E-state index in [1.807, 2.05) is 36.0 Å². The fourth-order valence-corrected chi connectivity index (χ4v) is 3.86. The maximum atomic E-state index is 5.74. The van der Waals surface area contributed by atoms with Gasteiger partial charge in [-0.3, -0.25) is 4.99 Å². The summed E-state index contributed by atoms with van der Waals surface area (Å²) in [6.45, 7) is 5.11. The van der Waals surface area contributed by atoms with E-state index in [0.717, 1.165) is 42.0 Å². The van der Waals surface area contributed by atoms with Gasteiger partial charge in [0.25, 0.3) is 0 Å². The lowest BCUT2D eigenvalue weighted by Gasteiger charge is -2.17. The van der Waals surface area contributed by atoms with Crippen LogP contribution in [0.3, 0.4) is 0 Å². The Balaban J connectivity index is 0.00000364. The van der Waals surface area contributed by atoms with Crippen molar-refractivity contribution in [2.24, 2.45) is 4.99 Å². The van der Waals surface area contributed by atoms with Crippen molar-refractivity contribution in [3.05, 3.63) is 29.8 Å². The minimum Gasteiger partial charge on any atom is -0.497 e. The van der Waals surface area contributed by atoms with Crippen molar-refractivity contribution >= 4 is 41.7 Å². The van der Waals surface area contributed by atoms with Crippen molar-refractivity contribution in [2.75, 3.05) is 33.1 Å². The van der Waals surface area contributed by atoms with Gasteiger partial charge < -0.3 is 20.1 Å². The van der Waals surface area contributed by atoms with Gasteiger partial charge in [-0.1, -0.05) is 12.1 Å². The Kier molecular flexibility index (Phi) is 12.9. The van der Waals surface area contributed by atoms with Gasteiger partial charge in [-0.2, -0.15) is 11.8 Å². The second-order valence-corrected chi connectivity index (χ2v) is 7.66. The fraction of sp³-hybridized carbons (Fsp3) is 0.650. The first-order chi connectivity index (χ1) is 12.7. The van der Waals surface area contributed by atoms with E-state index < -0.39 is 0 Å². The van der Waals surface area contributed by atoms with Crippen LogP contribution in [0.4, 0.5) is 0 Å². The first-order valence-corrected chi connectivity index (χ1v) is 10.8. The number of ether oxygens (including phenoxy) is 2. The Hall–Kier alpha value is -0.670. The van der Waals surface area contributed by atoms with Crippen LogP contribution in [0.25, 0.3) is 0 Å². The molecule has 0 radical (unpaired) electrons. The monoisotopic (exact) mass is 507 g/mol. The lowest BCUT2D eigenvalue weighted by Crippen LogP contribution is -2.42. The molecule has 0 bridgehead atoms. The van der Waals surface area contributed by atoms with Gasteiger partial charge in [0.2, 0.25) is 0 Å². The van der Waals surface area contributed by atoms with Gasteiger partial charge in [-0.15, -0.1) is 24.0 Å². The number of halogens is 1. The summed E-state index contributed by atoms with van der Waals surface area (Å²) in [7, 11) is 1.68. The normalized spacial score (nSPS) is 19.4. The summed E-state index contributed by atoms with van der Waals surface area (Å²) in [5, 5.41) is 7.72. The van der Waals surface area contributed by atoms with E-state index in [9.17, 15) is 0 Å². The minimum absolute atomic E-state index is 0. The highest BCUT2D eigenvalue weighted by Crippen LogP contribution is 2.28. The maximum absolute atomic E-state index is 5.74. The van der Waals surface area contributed by atoms with Gasteiger partial charge in [-0.05, 0) is 56.6 Å². The van der Waals surface area contributed by atoms with Crippen LogP contribution in [0, 0.1) is 0 Å². The number of methoxy groups -OCH3 is 1. The number of thioether (sulfide) groups is 1. The molecule has 2 rings (SSSR count). The standard InChI is InChI=1S/C20H33N3O2S.HI/c1-4-21-20(23-17-8-11-19(14-17)26-3)22-12-5-13-25-15-16-6-9-18(24-2)10-7-16;/h6-7,9-10,17,19H,4-5,8,11-15H2,1-3H3,(H2,21,22,23);1H. The van der Waals surface area contributed by atoms with Crippen LogP contribution in [0.15, 0.2) is 29.3 Å². The summed E-state index contributed by atoms with van der Waals surface area (Å²) in [5.74, 6) is 1.81. The molecular weight excluding hydrogens is 473 g/mol. The third kappa shape index (κ3) is 9.38. The topological polar surface area (TPSA) is 54.9 Å². The van der Waals surface area contributed by atoms with Crippen molar-refractivity contribution in [1.82, 2.24) is 10.6 Å². The van der Waals surface area contributed by atoms with Crippen LogP contribution in [0.5, 0.6) is 5.75 Å². The Morgan fingerprint density at radius 2 is 2.04 bits per heavy atom. The molecule has 27 heavy (non-hydrogen) atoms. The Morgan fingerprint density at radius 3 is 2.67 bits per heavy atom. The zero-order chi connectivity index (χ0) is 18.6. The molecule has 0 amide bonds. The molecule has 2 unspecified atom stereocenters. The predicted octanol–water partition coefficient (Wildman–Crippen LogP) is 4.06. The molecule has 0 spiro atoms. The molecule has 0 heterocycles. The largest absolute Gasteiger partial charge is 0.497 e. The lowest BCUT2D eigenvalue weighted by molar-refractivity contribution is 0.120. The van der Waals surface area contributed by atoms with Crippen molar-refractivity contribution in [2.45, 2.75) is 50.5 Å². The molecule has 0 aromatic heterocycles. The molecule has 7 heteroatoms. The summed E-state index contributed by atoms with van der Waals surface area (Å²) < 4.78 is 10.9. The number of nitrogens with one attached hydrogen (secondary N) is 2. The van der Waals surface area contributed by atoms with Gasteiger partial charge >= 0.3 is 0 Å². The van der Waals surface area contributed by atoms with Crippen molar-refractivity contribution in [3.8, 4) is 5.75 Å². The summed E-state index contributed by atoms with van der Waals surface area (Å²) >= 11 is 1.98. The summed E-state index contributed by atoms with van der Waals surface area (Å²) in [6, 6.07) is 8.54. The van der Waals surface area contributed by atoms with Crippen molar-refractivity contribution in [1.29, 1.82) is 0 Å². The van der Waals surface area contributed by atoms with E-state index >= 15 is 0 Å². The average molecular weight is 507 g/mol. The Bertz CT molecular complexity index is 543.